The second-order valence-corrected chi connectivity index (χ2v) is 6.76. The van der Waals surface area contributed by atoms with Crippen molar-refractivity contribution >= 4 is 21.8 Å². The Hall–Kier alpha value is -0.870. The van der Waals surface area contributed by atoms with Crippen molar-refractivity contribution in [1.29, 1.82) is 0 Å². The minimum Gasteiger partial charge on any atom is -0.390 e. The van der Waals surface area contributed by atoms with Gasteiger partial charge in [0.15, 0.2) is 0 Å². The average molecular weight is 310 g/mol. The second kappa shape index (κ2) is 4.35. The van der Waals surface area contributed by atoms with Gasteiger partial charge in [-0.1, -0.05) is 40.2 Å². The molecule has 0 bridgehead atoms. The molecule has 3 rings (SSSR count). The maximum Gasteiger partial charge on any atom is 0.237 e. The van der Waals surface area contributed by atoms with E-state index in [1.54, 1.807) is 0 Å². The Kier molecular flexibility index (Phi) is 2.94. The van der Waals surface area contributed by atoms with E-state index in [2.05, 4.69) is 21.2 Å². The van der Waals surface area contributed by atoms with E-state index in [0.29, 0.717) is 6.42 Å². The molecule has 1 fully saturated rings. The summed E-state index contributed by atoms with van der Waals surface area (Å²) in [7, 11) is 0. The number of amides is 1. The fraction of sp³-hybridized carbons (Fsp3) is 0.500. The number of carbonyl (C=O) groups is 1. The van der Waals surface area contributed by atoms with Crippen LogP contribution in [0.15, 0.2) is 24.3 Å². The van der Waals surface area contributed by atoms with Crippen LogP contribution in [-0.2, 0) is 11.2 Å². The number of hydrogen-bond donors (Lipinski definition) is 2. The van der Waals surface area contributed by atoms with Crippen LogP contribution in [-0.4, -0.2) is 21.4 Å². The molecule has 1 aromatic rings. The van der Waals surface area contributed by atoms with Gasteiger partial charge < -0.3 is 10.4 Å². The fourth-order valence-electron chi connectivity index (χ4n) is 2.73. The van der Waals surface area contributed by atoms with Crippen LogP contribution < -0.4 is 5.32 Å². The Morgan fingerprint density at radius 1 is 1.39 bits per heavy atom. The number of fused-ring (bicyclic) bond motifs is 1. The second-order valence-electron chi connectivity index (χ2n) is 5.24. The van der Waals surface area contributed by atoms with Gasteiger partial charge in [0.05, 0.1) is 12.1 Å². The number of carbonyl (C=O) groups excluding carboxylic acids is 1. The van der Waals surface area contributed by atoms with Crippen molar-refractivity contribution in [3.63, 3.8) is 0 Å². The Morgan fingerprint density at radius 2 is 2.11 bits per heavy atom. The molecule has 1 aromatic carbocycles. The maximum absolute atomic E-state index is 12.2. The highest BCUT2D eigenvalue weighted by molar-refractivity contribution is 9.10. The van der Waals surface area contributed by atoms with Gasteiger partial charge in [-0.25, -0.2) is 0 Å². The number of halogens is 1. The van der Waals surface area contributed by atoms with E-state index in [1.807, 2.05) is 24.3 Å². The number of nitrogens with one attached hydrogen (secondary N) is 1. The average Bonchev–Trinajstić information content (AvgIpc) is 2.63. The molecule has 0 saturated heterocycles. The number of benzene rings is 1. The van der Waals surface area contributed by atoms with Crippen LogP contribution in [0, 0.1) is 0 Å². The number of aliphatic hydroxyl groups is 1. The van der Waals surface area contributed by atoms with Crippen molar-refractivity contribution < 1.29 is 9.90 Å². The van der Waals surface area contributed by atoms with Crippen LogP contribution in [0.1, 0.15) is 36.4 Å². The van der Waals surface area contributed by atoms with Gasteiger partial charge in [0.25, 0.3) is 0 Å². The van der Waals surface area contributed by atoms with Crippen LogP contribution in [0.25, 0.3) is 0 Å². The number of rotatable bonds is 2. The van der Waals surface area contributed by atoms with Gasteiger partial charge in [-0.2, -0.15) is 0 Å². The smallest absolute Gasteiger partial charge is 0.237 e. The molecule has 1 saturated carbocycles. The zero-order valence-electron chi connectivity index (χ0n) is 10.0. The molecule has 2 atom stereocenters. The number of hydrogen-bond acceptors (Lipinski definition) is 2. The molecule has 2 aliphatic rings. The molecule has 0 spiro atoms. The van der Waals surface area contributed by atoms with Crippen molar-refractivity contribution in [2.75, 3.05) is 0 Å². The molecule has 2 N–H and O–H groups in total. The summed E-state index contributed by atoms with van der Waals surface area (Å²) < 4.78 is -0.399. The number of aliphatic hydroxyl groups excluding tert-OH is 1. The predicted octanol–water partition coefficient (Wildman–Crippen LogP) is 2.08. The van der Waals surface area contributed by atoms with Crippen LogP contribution in [0.2, 0.25) is 0 Å². The van der Waals surface area contributed by atoms with E-state index < -0.39 is 10.4 Å². The summed E-state index contributed by atoms with van der Waals surface area (Å²) in [6.07, 6.45) is 2.95. The molecule has 3 nitrogen and oxygen atoms in total. The standard InChI is InChI=1S/C14H16BrNO2/c15-14(6-3-7-14)13(18)16-12-10-5-2-1-4-9(10)8-11(12)17/h1-2,4-5,11-12,17H,3,6-8H2,(H,16,18)/t11-,12+/m1/s1. The molecular weight excluding hydrogens is 294 g/mol. The largest absolute Gasteiger partial charge is 0.390 e. The highest BCUT2D eigenvalue weighted by atomic mass is 79.9. The first kappa shape index (κ1) is 12.2. The Labute approximate surface area is 115 Å². The first-order chi connectivity index (χ1) is 8.60. The first-order valence-electron chi connectivity index (χ1n) is 6.36. The van der Waals surface area contributed by atoms with Crippen LogP contribution in [0.3, 0.4) is 0 Å². The molecule has 0 radical (unpaired) electrons. The van der Waals surface area contributed by atoms with Crippen LogP contribution >= 0.6 is 15.9 Å². The minimum absolute atomic E-state index is 0.00880. The van der Waals surface area contributed by atoms with E-state index in [1.165, 1.54) is 0 Å². The molecule has 1 amide bonds. The normalized spacial score (nSPS) is 28.3. The van der Waals surface area contributed by atoms with E-state index in [9.17, 15) is 9.90 Å². The Bertz CT molecular complexity index is 484. The summed E-state index contributed by atoms with van der Waals surface area (Å²) in [6, 6.07) is 7.65. The third-order valence-corrected chi connectivity index (χ3v) is 5.20. The van der Waals surface area contributed by atoms with Crippen molar-refractivity contribution in [3.05, 3.63) is 35.4 Å². The summed E-state index contributed by atoms with van der Waals surface area (Å²) in [5.41, 5.74) is 2.18. The summed E-state index contributed by atoms with van der Waals surface area (Å²) >= 11 is 3.51. The Morgan fingerprint density at radius 3 is 2.78 bits per heavy atom. The van der Waals surface area contributed by atoms with Crippen molar-refractivity contribution in [1.82, 2.24) is 5.32 Å². The van der Waals surface area contributed by atoms with E-state index in [4.69, 9.17) is 0 Å². The predicted molar refractivity (Wildman–Crippen MR) is 72.5 cm³/mol. The van der Waals surface area contributed by atoms with Crippen molar-refractivity contribution in [2.45, 2.75) is 42.2 Å². The van der Waals surface area contributed by atoms with Gasteiger partial charge >= 0.3 is 0 Å². The lowest BCUT2D eigenvalue weighted by molar-refractivity contribution is -0.126. The minimum atomic E-state index is -0.512. The lowest BCUT2D eigenvalue weighted by atomic mass is 9.84. The lowest BCUT2D eigenvalue weighted by Gasteiger charge is -2.36. The first-order valence-corrected chi connectivity index (χ1v) is 7.15. The molecular formula is C14H16BrNO2. The summed E-state index contributed by atoms with van der Waals surface area (Å²) in [4.78, 5) is 12.2. The molecule has 18 heavy (non-hydrogen) atoms. The van der Waals surface area contributed by atoms with E-state index in [0.717, 1.165) is 30.4 Å². The van der Waals surface area contributed by atoms with E-state index >= 15 is 0 Å². The number of alkyl halides is 1. The maximum atomic E-state index is 12.2. The summed E-state index contributed by atoms with van der Waals surface area (Å²) in [5.74, 6) is 0.00880. The molecule has 0 unspecified atom stereocenters. The fourth-order valence-corrected chi connectivity index (χ4v) is 3.41. The quantitative estimate of drug-likeness (QED) is 0.822. The van der Waals surface area contributed by atoms with Gasteiger partial charge in [0, 0.05) is 6.42 Å². The molecule has 0 aromatic heterocycles. The van der Waals surface area contributed by atoms with E-state index in [-0.39, 0.29) is 11.9 Å². The summed E-state index contributed by atoms with van der Waals surface area (Å²) in [6.45, 7) is 0. The third-order valence-electron chi connectivity index (χ3n) is 4.04. The van der Waals surface area contributed by atoms with Crippen molar-refractivity contribution in [3.8, 4) is 0 Å². The van der Waals surface area contributed by atoms with Gasteiger partial charge in [0.1, 0.15) is 4.32 Å². The van der Waals surface area contributed by atoms with Gasteiger partial charge in [0.2, 0.25) is 5.91 Å². The zero-order chi connectivity index (χ0) is 12.8. The molecule has 96 valence electrons. The third kappa shape index (κ3) is 1.88. The monoisotopic (exact) mass is 309 g/mol. The molecule has 2 aliphatic carbocycles. The summed E-state index contributed by atoms with van der Waals surface area (Å²) in [5, 5.41) is 13.1. The highest BCUT2D eigenvalue weighted by Crippen LogP contribution is 2.41. The lowest BCUT2D eigenvalue weighted by Crippen LogP contribution is -2.49. The molecule has 0 aliphatic heterocycles. The molecule has 4 heteroatoms. The van der Waals surface area contributed by atoms with Crippen LogP contribution in [0.4, 0.5) is 0 Å². The van der Waals surface area contributed by atoms with Gasteiger partial charge in [-0.05, 0) is 30.4 Å². The van der Waals surface area contributed by atoms with Crippen LogP contribution in [0.5, 0.6) is 0 Å². The topological polar surface area (TPSA) is 49.3 Å². The Balaban J connectivity index is 1.79. The molecule has 0 heterocycles. The SMILES string of the molecule is O=C(N[C@H]1c2ccccc2C[C@H]1O)C1(Br)CCC1. The van der Waals surface area contributed by atoms with Crippen molar-refractivity contribution in [2.24, 2.45) is 0 Å². The van der Waals surface area contributed by atoms with Gasteiger partial charge in [-0.15, -0.1) is 0 Å². The highest BCUT2D eigenvalue weighted by Gasteiger charge is 2.44. The van der Waals surface area contributed by atoms with Gasteiger partial charge in [-0.3, -0.25) is 4.79 Å². The zero-order valence-corrected chi connectivity index (χ0v) is 11.6.